The van der Waals surface area contributed by atoms with Crippen LogP contribution in [0.1, 0.15) is 58.3 Å². The van der Waals surface area contributed by atoms with Gasteiger partial charge in [-0.2, -0.15) is 0 Å². The molecule has 0 saturated heterocycles. The van der Waals surface area contributed by atoms with E-state index in [0.717, 1.165) is 19.3 Å². The van der Waals surface area contributed by atoms with Crippen molar-refractivity contribution in [2.24, 2.45) is 0 Å². The Hall–Kier alpha value is 1.92. The Balaban J connectivity index is -0.000000201. The first kappa shape index (κ1) is 31.7. The molecule has 0 aliphatic rings. The topological polar surface area (TPSA) is 100 Å². The molecule has 0 bridgehead atoms. The van der Waals surface area contributed by atoms with Crippen molar-refractivity contribution >= 4 is 22.2 Å². The van der Waals surface area contributed by atoms with Gasteiger partial charge in [-0.05, 0) is 36.8 Å². The van der Waals surface area contributed by atoms with Gasteiger partial charge in [0.05, 0.1) is 0 Å². The normalized spacial score (nSPS) is 10.4. The van der Waals surface area contributed by atoms with Crippen molar-refractivity contribution in [3.63, 3.8) is 0 Å². The molecule has 0 atom stereocenters. The Labute approximate surface area is 184 Å². The third-order valence-electron chi connectivity index (χ3n) is 2.34. The molecule has 1 N–H and O–H groups in total. The summed E-state index contributed by atoms with van der Waals surface area (Å²) in [5.74, 6) is 1.26. The number of allylic oxidation sites excluding steroid dienone is 1. The number of hydrogen-bond acceptors (Lipinski definition) is 6. The maximum atomic E-state index is 8.58. The van der Waals surface area contributed by atoms with E-state index < -0.39 is 10.4 Å². The zero-order chi connectivity index (χ0) is 15.7. The minimum Gasteiger partial charge on any atom is -0.759 e. The molecule has 22 heavy (non-hydrogen) atoms. The van der Waals surface area contributed by atoms with Crippen LogP contribution in [0.3, 0.4) is 0 Å². The summed E-state index contributed by atoms with van der Waals surface area (Å²) in [6, 6.07) is 0. The van der Waals surface area contributed by atoms with Crippen molar-refractivity contribution in [3.8, 4) is 0 Å². The van der Waals surface area contributed by atoms with E-state index in [0.29, 0.717) is 6.61 Å². The van der Waals surface area contributed by atoms with Gasteiger partial charge in [-0.1, -0.05) is 38.7 Å². The van der Waals surface area contributed by atoms with E-state index in [9.17, 15) is 0 Å². The smallest absolute Gasteiger partial charge is 0.759 e. The second kappa shape index (κ2) is 25.2. The monoisotopic (exact) mass is 372 g/mol. The summed E-state index contributed by atoms with van der Waals surface area (Å²) in [7, 11) is -5.17. The molecule has 0 fully saturated rings. The average molecular weight is 372 g/mol. The quantitative estimate of drug-likeness (QED) is 0.180. The first-order valence-electron chi connectivity index (χ1n) is 6.96. The average Bonchev–Trinajstić information content (AvgIpc) is 2.34. The molecule has 0 unspecified atom stereocenters. The summed E-state index contributed by atoms with van der Waals surface area (Å²) in [4.78, 5) is 0. The molecule has 0 aromatic heterocycles. The van der Waals surface area contributed by atoms with Crippen molar-refractivity contribution in [2.75, 3.05) is 12.4 Å². The number of aliphatic hydroxyl groups excluding tert-OH is 1. The molecule has 0 saturated carbocycles. The van der Waals surface area contributed by atoms with Crippen LogP contribution in [-0.4, -0.2) is 35.0 Å². The maximum absolute atomic E-state index is 8.58. The summed E-state index contributed by atoms with van der Waals surface area (Å²) in [5, 5.41) is 10.8. The van der Waals surface area contributed by atoms with Gasteiger partial charge in [-0.25, -0.2) is 0 Å². The number of rotatable bonds is 11. The molecule has 0 aliphatic heterocycles. The van der Waals surface area contributed by atoms with E-state index in [1.807, 2.05) is 11.8 Å². The fourth-order valence-corrected chi connectivity index (χ4v) is 2.15. The van der Waals surface area contributed by atoms with Crippen LogP contribution in [0.4, 0.5) is 0 Å². The molecular formula is C13H26Na2O5S2. The summed E-state index contributed by atoms with van der Waals surface area (Å²) in [6.07, 6.45) is 12.3. The Morgan fingerprint density at radius 1 is 1.00 bits per heavy atom. The minimum atomic E-state index is -5.17. The summed E-state index contributed by atoms with van der Waals surface area (Å²) >= 11 is 1.93. The van der Waals surface area contributed by atoms with Crippen LogP contribution in [0.2, 0.25) is 0 Å². The van der Waals surface area contributed by atoms with E-state index in [2.05, 4.69) is 18.4 Å². The molecule has 5 nitrogen and oxygen atoms in total. The van der Waals surface area contributed by atoms with Crippen molar-refractivity contribution in [3.05, 3.63) is 11.5 Å². The molecule has 0 rings (SSSR count). The van der Waals surface area contributed by atoms with Gasteiger partial charge in [0, 0.05) is 17.0 Å². The molecular weight excluding hydrogens is 346 g/mol. The maximum Gasteiger partial charge on any atom is 1.00 e. The standard InChI is InChI=1S/C13H26OS.2Na.H2O4S/c1-2-3-4-6-9-12-15-13-10-7-5-8-11-14;;;1-5(2,3)4/h10,13-14H,2-9,11-12H2,1H3;;;(H2,1,2,3,4)/q;2*+1;/p-2. The van der Waals surface area contributed by atoms with Gasteiger partial charge >= 0.3 is 59.1 Å². The van der Waals surface area contributed by atoms with Crippen molar-refractivity contribution in [1.82, 2.24) is 0 Å². The van der Waals surface area contributed by atoms with E-state index in [1.165, 1.54) is 37.9 Å². The Morgan fingerprint density at radius 2 is 1.55 bits per heavy atom. The van der Waals surface area contributed by atoms with Crippen LogP contribution in [0, 0.1) is 0 Å². The summed E-state index contributed by atoms with van der Waals surface area (Å²) < 4.78 is 34.1. The van der Waals surface area contributed by atoms with Crippen LogP contribution in [0.5, 0.6) is 0 Å². The van der Waals surface area contributed by atoms with Gasteiger partial charge in [-0.3, -0.25) is 8.42 Å². The molecule has 9 heteroatoms. The van der Waals surface area contributed by atoms with Crippen LogP contribution >= 0.6 is 11.8 Å². The SMILES string of the molecule is CCCCCCCSC=CCCCCO.O=S(=O)([O-])[O-].[Na+].[Na+]. The van der Waals surface area contributed by atoms with Crippen molar-refractivity contribution in [2.45, 2.75) is 58.3 Å². The van der Waals surface area contributed by atoms with E-state index in [-0.39, 0.29) is 59.1 Å². The van der Waals surface area contributed by atoms with Gasteiger partial charge in [0.25, 0.3) is 0 Å². The van der Waals surface area contributed by atoms with Crippen LogP contribution in [0.25, 0.3) is 0 Å². The fraction of sp³-hybridized carbons (Fsp3) is 0.846. The fourth-order valence-electron chi connectivity index (χ4n) is 1.37. The molecule has 0 aliphatic carbocycles. The summed E-state index contributed by atoms with van der Waals surface area (Å²) in [6.45, 7) is 2.59. The number of unbranched alkanes of at least 4 members (excludes halogenated alkanes) is 6. The van der Waals surface area contributed by atoms with Crippen LogP contribution in [0.15, 0.2) is 11.5 Å². The number of hydrogen-bond donors (Lipinski definition) is 1. The van der Waals surface area contributed by atoms with Gasteiger partial charge < -0.3 is 14.2 Å². The predicted octanol–water partition coefficient (Wildman–Crippen LogP) is -2.96. The van der Waals surface area contributed by atoms with Crippen LogP contribution < -0.4 is 59.1 Å². The van der Waals surface area contributed by atoms with Gasteiger partial charge in [0.15, 0.2) is 0 Å². The predicted molar refractivity (Wildman–Crippen MR) is 81.8 cm³/mol. The van der Waals surface area contributed by atoms with E-state index >= 15 is 0 Å². The molecule has 122 valence electrons. The largest absolute Gasteiger partial charge is 1.00 e. The third-order valence-corrected chi connectivity index (χ3v) is 3.25. The molecule has 0 radical (unpaired) electrons. The first-order chi connectivity index (χ1) is 9.41. The first-order valence-corrected chi connectivity index (χ1v) is 9.34. The number of thioether (sulfide) groups is 1. The van der Waals surface area contributed by atoms with E-state index in [1.54, 1.807) is 0 Å². The van der Waals surface area contributed by atoms with Crippen LogP contribution in [-0.2, 0) is 10.4 Å². The van der Waals surface area contributed by atoms with E-state index in [4.69, 9.17) is 22.6 Å². The van der Waals surface area contributed by atoms with Gasteiger partial charge in [0.2, 0.25) is 0 Å². The second-order valence-corrected chi connectivity index (χ2v) is 6.11. The minimum absolute atomic E-state index is 0. The molecule has 0 amide bonds. The molecule has 0 heterocycles. The third kappa shape index (κ3) is 49.5. The molecule has 0 spiro atoms. The number of aliphatic hydroxyl groups is 1. The second-order valence-electron chi connectivity index (χ2n) is 4.28. The van der Waals surface area contributed by atoms with Gasteiger partial charge in [0.1, 0.15) is 0 Å². The van der Waals surface area contributed by atoms with Crippen molar-refractivity contribution < 1.29 is 81.7 Å². The summed E-state index contributed by atoms with van der Waals surface area (Å²) in [5.41, 5.74) is 0. The zero-order valence-electron chi connectivity index (χ0n) is 14.1. The molecule has 0 aromatic carbocycles. The van der Waals surface area contributed by atoms with Gasteiger partial charge in [-0.15, -0.1) is 11.8 Å². The molecule has 0 aromatic rings. The Morgan fingerprint density at radius 3 is 2.05 bits per heavy atom. The van der Waals surface area contributed by atoms with Crippen molar-refractivity contribution in [1.29, 1.82) is 0 Å². The Bertz CT molecular complexity index is 304. The Kier molecular flexibility index (Phi) is 36.2. The zero-order valence-corrected chi connectivity index (χ0v) is 19.8.